The number of benzene rings is 2. The summed E-state index contributed by atoms with van der Waals surface area (Å²) in [5.41, 5.74) is 5.51. The third-order valence-electron chi connectivity index (χ3n) is 5.07. The first-order valence-electron chi connectivity index (χ1n) is 9.36. The number of nitrogens with zero attached hydrogens (tertiary/aromatic N) is 2. The van der Waals surface area contributed by atoms with E-state index < -0.39 is 0 Å². The van der Waals surface area contributed by atoms with Gasteiger partial charge in [-0.2, -0.15) is 5.10 Å². The number of hydrogen-bond acceptors (Lipinski definition) is 4. The normalized spacial score (nSPS) is 13.4. The van der Waals surface area contributed by atoms with Crippen LogP contribution in [0.3, 0.4) is 0 Å². The molecule has 140 valence electrons. The Labute approximate surface area is 159 Å². The highest BCUT2D eigenvalue weighted by atomic mass is 16.5. The molecule has 0 atom stereocenters. The number of aromatic nitrogens is 2. The van der Waals surface area contributed by atoms with Gasteiger partial charge in [0.05, 0.1) is 19.9 Å². The van der Waals surface area contributed by atoms with Gasteiger partial charge in [0.25, 0.3) is 0 Å². The lowest BCUT2D eigenvalue weighted by molar-refractivity contribution is 0.395. The molecule has 5 nitrogen and oxygen atoms in total. The molecule has 0 fully saturated rings. The van der Waals surface area contributed by atoms with Crippen LogP contribution in [0.2, 0.25) is 0 Å². The number of ether oxygens (including phenoxy) is 2. The maximum Gasteiger partial charge on any atom is 0.133 e. The number of anilines is 1. The monoisotopic (exact) mass is 363 g/mol. The molecule has 0 saturated carbocycles. The Bertz CT molecular complexity index is 945. The van der Waals surface area contributed by atoms with Crippen molar-refractivity contribution in [2.45, 2.75) is 26.2 Å². The number of fused-ring (bicyclic) bond motifs is 1. The van der Waals surface area contributed by atoms with Crippen LogP contribution >= 0.6 is 0 Å². The number of aryl methyl sites for hydroxylation is 1. The van der Waals surface area contributed by atoms with E-state index in [9.17, 15) is 0 Å². The number of nitrogens with one attached hydrogen (secondary N) is 1. The van der Waals surface area contributed by atoms with E-state index in [0.717, 1.165) is 60.1 Å². The summed E-state index contributed by atoms with van der Waals surface area (Å²) in [5.74, 6) is 2.64. The molecule has 1 aromatic heterocycles. The van der Waals surface area contributed by atoms with Gasteiger partial charge in [-0.15, -0.1) is 0 Å². The number of rotatable bonds is 4. The fraction of sp³-hybridized carbons (Fsp3) is 0.318. The third kappa shape index (κ3) is 3.25. The average Bonchev–Trinajstić information content (AvgIpc) is 2.88. The van der Waals surface area contributed by atoms with Crippen LogP contribution in [0.1, 0.15) is 24.0 Å². The number of hydrogen-bond donors (Lipinski definition) is 1. The van der Waals surface area contributed by atoms with Crippen molar-refractivity contribution < 1.29 is 9.47 Å². The van der Waals surface area contributed by atoms with E-state index in [0.29, 0.717) is 0 Å². The van der Waals surface area contributed by atoms with E-state index in [-0.39, 0.29) is 0 Å². The van der Waals surface area contributed by atoms with Crippen LogP contribution in [-0.2, 0) is 6.42 Å². The van der Waals surface area contributed by atoms with Crippen molar-refractivity contribution in [1.82, 2.24) is 9.78 Å². The average molecular weight is 363 g/mol. The van der Waals surface area contributed by atoms with Crippen LogP contribution in [0.5, 0.6) is 11.5 Å². The van der Waals surface area contributed by atoms with Crippen molar-refractivity contribution >= 4 is 5.82 Å². The summed E-state index contributed by atoms with van der Waals surface area (Å²) >= 11 is 0. The van der Waals surface area contributed by atoms with Crippen LogP contribution in [0.25, 0.3) is 16.9 Å². The van der Waals surface area contributed by atoms with E-state index in [1.807, 2.05) is 22.9 Å². The van der Waals surface area contributed by atoms with Gasteiger partial charge in [0.1, 0.15) is 23.0 Å². The summed E-state index contributed by atoms with van der Waals surface area (Å²) in [4.78, 5) is 0. The fourth-order valence-electron chi connectivity index (χ4n) is 3.59. The molecule has 5 heteroatoms. The first kappa shape index (κ1) is 17.5. The van der Waals surface area contributed by atoms with Crippen LogP contribution in [0, 0.1) is 6.92 Å². The Balaban J connectivity index is 1.90. The molecule has 2 aromatic carbocycles. The zero-order chi connectivity index (χ0) is 18.8. The van der Waals surface area contributed by atoms with Gasteiger partial charge in [-0.25, -0.2) is 4.68 Å². The maximum atomic E-state index is 5.65. The minimum atomic E-state index is 0.773. The quantitative estimate of drug-likeness (QED) is 0.735. The smallest absolute Gasteiger partial charge is 0.133 e. The van der Waals surface area contributed by atoms with Crippen molar-refractivity contribution in [2.24, 2.45) is 0 Å². The standard InChI is InChI=1S/C22H25N3O2/c1-15-7-9-16(10-8-15)25-22-19(6-4-5-13-23-22)21(24-25)18-12-11-17(26-2)14-20(18)27-3/h7-12,14,23H,4-6,13H2,1-3H3. The molecule has 0 aliphatic carbocycles. The van der Waals surface area contributed by atoms with Gasteiger partial charge in [-0.1, -0.05) is 17.7 Å². The van der Waals surface area contributed by atoms with E-state index in [2.05, 4.69) is 36.5 Å². The third-order valence-corrected chi connectivity index (χ3v) is 5.07. The summed E-state index contributed by atoms with van der Waals surface area (Å²) in [5, 5.41) is 8.59. The topological polar surface area (TPSA) is 48.3 Å². The second-order valence-corrected chi connectivity index (χ2v) is 6.87. The molecule has 27 heavy (non-hydrogen) atoms. The molecular formula is C22H25N3O2. The minimum absolute atomic E-state index is 0.773. The summed E-state index contributed by atoms with van der Waals surface area (Å²) < 4.78 is 13.0. The first-order valence-corrected chi connectivity index (χ1v) is 9.36. The van der Waals surface area contributed by atoms with Gasteiger partial charge in [0, 0.05) is 23.7 Å². The molecule has 1 aliphatic heterocycles. The molecule has 1 N–H and O–H groups in total. The Morgan fingerprint density at radius 2 is 1.81 bits per heavy atom. The largest absolute Gasteiger partial charge is 0.497 e. The van der Waals surface area contributed by atoms with Crippen LogP contribution in [0.4, 0.5) is 5.82 Å². The van der Waals surface area contributed by atoms with E-state index in [4.69, 9.17) is 14.6 Å². The number of methoxy groups -OCH3 is 2. The van der Waals surface area contributed by atoms with Crippen molar-refractivity contribution in [1.29, 1.82) is 0 Å². The Kier molecular flexibility index (Phi) is 4.75. The van der Waals surface area contributed by atoms with Crippen molar-refractivity contribution in [2.75, 3.05) is 26.1 Å². The zero-order valence-corrected chi connectivity index (χ0v) is 16.1. The highest BCUT2D eigenvalue weighted by Gasteiger charge is 2.23. The molecule has 0 unspecified atom stereocenters. The summed E-state index contributed by atoms with van der Waals surface area (Å²) in [6.07, 6.45) is 3.30. The first-order chi connectivity index (χ1) is 13.2. The highest BCUT2D eigenvalue weighted by Crippen LogP contribution is 2.39. The zero-order valence-electron chi connectivity index (χ0n) is 16.1. The molecule has 1 aliphatic rings. The fourth-order valence-corrected chi connectivity index (χ4v) is 3.59. The molecule has 0 bridgehead atoms. The van der Waals surface area contributed by atoms with Gasteiger partial charge in [-0.05, 0) is 50.5 Å². The molecule has 0 radical (unpaired) electrons. The molecular weight excluding hydrogens is 338 g/mol. The molecule has 0 spiro atoms. The van der Waals surface area contributed by atoms with Gasteiger partial charge in [-0.3, -0.25) is 0 Å². The van der Waals surface area contributed by atoms with Crippen molar-refractivity contribution in [3.05, 3.63) is 53.6 Å². The summed E-state index contributed by atoms with van der Waals surface area (Å²) in [6.45, 7) is 3.06. The van der Waals surface area contributed by atoms with Crippen LogP contribution in [0.15, 0.2) is 42.5 Å². The predicted molar refractivity (Wildman–Crippen MR) is 108 cm³/mol. The second kappa shape index (κ2) is 7.35. The Hall–Kier alpha value is -2.95. The molecule has 0 amide bonds. The van der Waals surface area contributed by atoms with Gasteiger partial charge < -0.3 is 14.8 Å². The maximum absolute atomic E-state index is 5.65. The van der Waals surface area contributed by atoms with Gasteiger partial charge in [0.15, 0.2) is 0 Å². The van der Waals surface area contributed by atoms with Gasteiger partial charge >= 0.3 is 0 Å². The Morgan fingerprint density at radius 3 is 2.56 bits per heavy atom. The molecule has 4 rings (SSSR count). The lowest BCUT2D eigenvalue weighted by Crippen LogP contribution is -2.07. The van der Waals surface area contributed by atoms with E-state index in [1.54, 1.807) is 14.2 Å². The molecule has 2 heterocycles. The second-order valence-electron chi connectivity index (χ2n) is 6.87. The Morgan fingerprint density at radius 1 is 1.00 bits per heavy atom. The SMILES string of the molecule is COc1ccc(-c2nn(-c3ccc(C)cc3)c3c2CCCCN3)c(OC)c1. The van der Waals surface area contributed by atoms with Gasteiger partial charge in [0.2, 0.25) is 0 Å². The van der Waals surface area contributed by atoms with Crippen LogP contribution < -0.4 is 14.8 Å². The summed E-state index contributed by atoms with van der Waals surface area (Å²) in [6, 6.07) is 14.4. The van der Waals surface area contributed by atoms with Crippen molar-refractivity contribution in [3.8, 4) is 28.4 Å². The van der Waals surface area contributed by atoms with E-state index in [1.165, 1.54) is 11.1 Å². The van der Waals surface area contributed by atoms with Crippen LogP contribution in [-0.4, -0.2) is 30.5 Å². The van der Waals surface area contributed by atoms with Crippen molar-refractivity contribution in [3.63, 3.8) is 0 Å². The summed E-state index contributed by atoms with van der Waals surface area (Å²) in [7, 11) is 3.35. The minimum Gasteiger partial charge on any atom is -0.497 e. The predicted octanol–water partition coefficient (Wildman–Crippen LogP) is 4.61. The molecule has 3 aromatic rings. The van der Waals surface area contributed by atoms with E-state index >= 15 is 0 Å². The lowest BCUT2D eigenvalue weighted by Gasteiger charge is -2.10. The molecule has 0 saturated heterocycles. The highest BCUT2D eigenvalue weighted by molar-refractivity contribution is 5.76. The lowest BCUT2D eigenvalue weighted by atomic mass is 10.0.